The van der Waals surface area contributed by atoms with Gasteiger partial charge < -0.3 is 10.0 Å². The maximum atomic E-state index is 11.2. The average molecular weight is 234 g/mol. The number of carboxylic acids is 1. The Balaban J connectivity index is 2.25. The quantitative estimate of drug-likeness (QED) is 0.821. The molecule has 1 aromatic heterocycles. The standard InChI is InChI=1S/C13H18N2O2/c1-2-3-9-15(10-6-7-10)11-5-4-8-14-12(11)13(16)17/h4-5,8,10H,2-3,6-7,9H2,1H3,(H,16,17). The van der Waals surface area contributed by atoms with Crippen LogP contribution in [0.25, 0.3) is 0 Å². The summed E-state index contributed by atoms with van der Waals surface area (Å²) in [6.45, 7) is 3.07. The van der Waals surface area contributed by atoms with E-state index >= 15 is 0 Å². The van der Waals surface area contributed by atoms with E-state index in [2.05, 4.69) is 16.8 Å². The Morgan fingerprint density at radius 3 is 2.94 bits per heavy atom. The maximum absolute atomic E-state index is 11.2. The molecule has 92 valence electrons. The Morgan fingerprint density at radius 2 is 2.35 bits per heavy atom. The van der Waals surface area contributed by atoms with Crippen molar-refractivity contribution in [2.45, 2.75) is 38.6 Å². The smallest absolute Gasteiger partial charge is 0.356 e. The number of hydrogen-bond acceptors (Lipinski definition) is 3. The summed E-state index contributed by atoms with van der Waals surface area (Å²) >= 11 is 0. The van der Waals surface area contributed by atoms with Gasteiger partial charge in [-0.2, -0.15) is 0 Å². The number of carboxylic acid groups (broad SMARTS) is 1. The lowest BCUT2D eigenvalue weighted by atomic mass is 10.2. The third-order valence-electron chi connectivity index (χ3n) is 3.04. The third-order valence-corrected chi connectivity index (χ3v) is 3.04. The first-order valence-electron chi connectivity index (χ1n) is 6.19. The Hall–Kier alpha value is -1.58. The van der Waals surface area contributed by atoms with Gasteiger partial charge in [-0.1, -0.05) is 13.3 Å². The van der Waals surface area contributed by atoms with E-state index in [9.17, 15) is 4.79 Å². The summed E-state index contributed by atoms with van der Waals surface area (Å²) in [6, 6.07) is 4.19. The number of pyridine rings is 1. The maximum Gasteiger partial charge on any atom is 0.356 e. The first kappa shape index (κ1) is 11.9. The van der Waals surface area contributed by atoms with E-state index in [1.165, 1.54) is 6.20 Å². The van der Waals surface area contributed by atoms with Crippen molar-refractivity contribution in [2.24, 2.45) is 0 Å². The van der Waals surface area contributed by atoms with Gasteiger partial charge in [0.2, 0.25) is 0 Å². The highest BCUT2D eigenvalue weighted by atomic mass is 16.4. The molecule has 0 unspecified atom stereocenters. The van der Waals surface area contributed by atoms with Gasteiger partial charge in [0.05, 0.1) is 5.69 Å². The van der Waals surface area contributed by atoms with E-state index < -0.39 is 5.97 Å². The van der Waals surface area contributed by atoms with Crippen LogP contribution in [0.1, 0.15) is 43.1 Å². The molecule has 0 aliphatic heterocycles. The molecule has 1 N–H and O–H groups in total. The number of carbonyl (C=O) groups is 1. The normalized spacial score (nSPS) is 14.6. The molecule has 0 saturated heterocycles. The number of aromatic nitrogens is 1. The molecular formula is C13H18N2O2. The Kier molecular flexibility index (Phi) is 3.61. The van der Waals surface area contributed by atoms with Gasteiger partial charge in [0.25, 0.3) is 0 Å². The molecule has 2 rings (SSSR count). The lowest BCUT2D eigenvalue weighted by Crippen LogP contribution is -2.28. The molecule has 0 spiro atoms. The van der Waals surface area contributed by atoms with Crippen molar-refractivity contribution in [3.8, 4) is 0 Å². The second kappa shape index (κ2) is 5.17. The fourth-order valence-corrected chi connectivity index (χ4v) is 2.01. The fraction of sp³-hybridized carbons (Fsp3) is 0.538. The summed E-state index contributed by atoms with van der Waals surface area (Å²) in [6.07, 6.45) is 6.07. The first-order chi connectivity index (χ1) is 8.24. The number of aromatic carboxylic acids is 1. The van der Waals surface area contributed by atoms with Crippen molar-refractivity contribution in [2.75, 3.05) is 11.4 Å². The van der Waals surface area contributed by atoms with Gasteiger partial charge in [-0.05, 0) is 31.4 Å². The molecule has 1 fully saturated rings. The molecular weight excluding hydrogens is 216 g/mol. The topological polar surface area (TPSA) is 53.4 Å². The summed E-state index contributed by atoms with van der Waals surface area (Å²) < 4.78 is 0. The van der Waals surface area contributed by atoms with Crippen molar-refractivity contribution < 1.29 is 9.90 Å². The van der Waals surface area contributed by atoms with Crippen molar-refractivity contribution >= 4 is 11.7 Å². The molecule has 4 nitrogen and oxygen atoms in total. The van der Waals surface area contributed by atoms with Gasteiger partial charge in [0.15, 0.2) is 5.69 Å². The Morgan fingerprint density at radius 1 is 1.59 bits per heavy atom. The highest BCUT2D eigenvalue weighted by Crippen LogP contribution is 2.33. The minimum atomic E-state index is -0.942. The summed E-state index contributed by atoms with van der Waals surface area (Å²) in [5.41, 5.74) is 0.950. The minimum absolute atomic E-state index is 0.176. The lowest BCUT2D eigenvalue weighted by Gasteiger charge is -2.25. The molecule has 0 aromatic carbocycles. The molecule has 0 radical (unpaired) electrons. The van der Waals surface area contributed by atoms with E-state index in [1.54, 1.807) is 0 Å². The minimum Gasteiger partial charge on any atom is -0.476 e. The molecule has 0 amide bonds. The van der Waals surface area contributed by atoms with Crippen molar-refractivity contribution in [3.05, 3.63) is 24.0 Å². The predicted octanol–water partition coefficient (Wildman–Crippen LogP) is 2.55. The van der Waals surface area contributed by atoms with E-state index in [-0.39, 0.29) is 5.69 Å². The first-order valence-corrected chi connectivity index (χ1v) is 6.19. The highest BCUT2D eigenvalue weighted by molar-refractivity contribution is 5.92. The van der Waals surface area contributed by atoms with E-state index in [0.717, 1.165) is 37.9 Å². The van der Waals surface area contributed by atoms with E-state index in [1.807, 2.05) is 12.1 Å². The Labute approximate surface area is 101 Å². The molecule has 0 bridgehead atoms. The second-order valence-electron chi connectivity index (χ2n) is 4.45. The fourth-order valence-electron chi connectivity index (χ4n) is 2.01. The summed E-state index contributed by atoms with van der Waals surface area (Å²) in [7, 11) is 0. The zero-order valence-electron chi connectivity index (χ0n) is 10.1. The monoisotopic (exact) mass is 234 g/mol. The molecule has 1 heterocycles. The van der Waals surface area contributed by atoms with Crippen LogP contribution in [0.5, 0.6) is 0 Å². The van der Waals surface area contributed by atoms with E-state index in [0.29, 0.717) is 6.04 Å². The van der Waals surface area contributed by atoms with Crippen LogP contribution in [0, 0.1) is 0 Å². The van der Waals surface area contributed by atoms with Crippen molar-refractivity contribution in [3.63, 3.8) is 0 Å². The SMILES string of the molecule is CCCCN(c1cccnc1C(=O)O)C1CC1. The van der Waals surface area contributed by atoms with Gasteiger partial charge in [0, 0.05) is 18.8 Å². The van der Waals surface area contributed by atoms with Crippen LogP contribution >= 0.6 is 0 Å². The number of hydrogen-bond donors (Lipinski definition) is 1. The van der Waals surface area contributed by atoms with Crippen molar-refractivity contribution in [1.29, 1.82) is 0 Å². The van der Waals surface area contributed by atoms with Gasteiger partial charge in [0.1, 0.15) is 0 Å². The molecule has 17 heavy (non-hydrogen) atoms. The second-order valence-corrected chi connectivity index (χ2v) is 4.45. The van der Waals surface area contributed by atoms with Crippen LogP contribution in [0.4, 0.5) is 5.69 Å². The highest BCUT2D eigenvalue weighted by Gasteiger charge is 2.31. The molecule has 1 aliphatic carbocycles. The summed E-state index contributed by atoms with van der Waals surface area (Å²) in [5.74, 6) is -0.942. The number of unbranched alkanes of at least 4 members (excludes halogenated alkanes) is 1. The Bertz CT molecular complexity index is 402. The molecule has 4 heteroatoms. The van der Waals surface area contributed by atoms with Crippen molar-refractivity contribution in [1.82, 2.24) is 4.98 Å². The van der Waals surface area contributed by atoms with Gasteiger partial charge in [-0.3, -0.25) is 0 Å². The number of rotatable bonds is 6. The average Bonchev–Trinajstić information content (AvgIpc) is 3.14. The zero-order chi connectivity index (χ0) is 12.3. The molecule has 1 aromatic rings. The van der Waals surface area contributed by atoms with E-state index in [4.69, 9.17) is 5.11 Å². The number of nitrogens with zero attached hydrogens (tertiary/aromatic N) is 2. The van der Waals surface area contributed by atoms with Gasteiger partial charge >= 0.3 is 5.97 Å². The summed E-state index contributed by atoms with van der Waals surface area (Å²) in [5, 5.41) is 9.15. The number of anilines is 1. The van der Waals surface area contributed by atoms with Gasteiger partial charge in [-0.15, -0.1) is 0 Å². The zero-order valence-corrected chi connectivity index (χ0v) is 10.1. The van der Waals surface area contributed by atoms with Gasteiger partial charge in [-0.25, -0.2) is 9.78 Å². The van der Waals surface area contributed by atoms with Crippen LogP contribution in [0.3, 0.4) is 0 Å². The molecule has 1 saturated carbocycles. The van der Waals surface area contributed by atoms with Crippen LogP contribution in [-0.2, 0) is 0 Å². The largest absolute Gasteiger partial charge is 0.476 e. The summed E-state index contributed by atoms with van der Waals surface area (Å²) in [4.78, 5) is 17.3. The van der Waals surface area contributed by atoms with Crippen LogP contribution < -0.4 is 4.90 Å². The van der Waals surface area contributed by atoms with Crippen LogP contribution in [0.2, 0.25) is 0 Å². The lowest BCUT2D eigenvalue weighted by molar-refractivity contribution is 0.0691. The third kappa shape index (κ3) is 2.75. The predicted molar refractivity (Wildman–Crippen MR) is 66.5 cm³/mol. The molecule has 0 atom stereocenters. The molecule has 1 aliphatic rings. The van der Waals surface area contributed by atoms with Crippen LogP contribution in [-0.4, -0.2) is 28.6 Å². The van der Waals surface area contributed by atoms with Crippen LogP contribution in [0.15, 0.2) is 18.3 Å².